The predicted octanol–water partition coefficient (Wildman–Crippen LogP) is 5.22. The average Bonchev–Trinajstić information content (AvgIpc) is 2.51. The molecule has 0 aromatic heterocycles. The summed E-state index contributed by atoms with van der Waals surface area (Å²) >= 11 is 3.54. The molecule has 0 amide bonds. The van der Waals surface area contributed by atoms with Crippen LogP contribution < -0.4 is 10.1 Å². The van der Waals surface area contributed by atoms with Crippen molar-refractivity contribution >= 4 is 15.9 Å². The van der Waals surface area contributed by atoms with Crippen molar-refractivity contribution < 1.29 is 4.74 Å². The van der Waals surface area contributed by atoms with Crippen LogP contribution in [0.1, 0.15) is 37.0 Å². The number of nitrogens with one attached hydrogen (secondary N) is 1. The van der Waals surface area contributed by atoms with E-state index in [2.05, 4.69) is 72.3 Å². The highest BCUT2D eigenvalue weighted by atomic mass is 79.9. The van der Waals surface area contributed by atoms with E-state index < -0.39 is 0 Å². The molecule has 0 bridgehead atoms. The summed E-state index contributed by atoms with van der Waals surface area (Å²) in [5.41, 5.74) is 3.64. The molecule has 2 aromatic carbocycles. The zero-order chi connectivity index (χ0) is 15.9. The Kier molecular flexibility index (Phi) is 6.47. The first-order chi connectivity index (χ1) is 10.6. The number of halogens is 1. The molecule has 0 aliphatic carbocycles. The SMILES string of the molecule is CC[C@@H](C)NCc1cc(Br)ccc1OCc1cccc(C)c1. The van der Waals surface area contributed by atoms with E-state index in [1.54, 1.807) is 0 Å². The molecule has 118 valence electrons. The van der Waals surface area contributed by atoms with Crippen LogP contribution in [0.3, 0.4) is 0 Å². The second-order valence-electron chi connectivity index (χ2n) is 5.72. The van der Waals surface area contributed by atoms with Crippen molar-refractivity contribution in [3.8, 4) is 5.75 Å². The van der Waals surface area contributed by atoms with Gasteiger partial charge in [0, 0.05) is 22.6 Å². The lowest BCUT2D eigenvalue weighted by Gasteiger charge is -2.15. The van der Waals surface area contributed by atoms with Gasteiger partial charge in [-0.05, 0) is 44.0 Å². The molecule has 2 aromatic rings. The van der Waals surface area contributed by atoms with Crippen molar-refractivity contribution in [1.29, 1.82) is 0 Å². The lowest BCUT2D eigenvalue weighted by Crippen LogP contribution is -2.24. The van der Waals surface area contributed by atoms with E-state index in [1.807, 2.05) is 12.1 Å². The van der Waals surface area contributed by atoms with E-state index >= 15 is 0 Å². The van der Waals surface area contributed by atoms with E-state index in [4.69, 9.17) is 4.74 Å². The van der Waals surface area contributed by atoms with Gasteiger partial charge in [-0.3, -0.25) is 0 Å². The minimum Gasteiger partial charge on any atom is -0.489 e. The van der Waals surface area contributed by atoms with E-state index in [-0.39, 0.29) is 0 Å². The quantitative estimate of drug-likeness (QED) is 0.729. The highest BCUT2D eigenvalue weighted by molar-refractivity contribution is 9.10. The van der Waals surface area contributed by atoms with Gasteiger partial charge in [-0.15, -0.1) is 0 Å². The lowest BCUT2D eigenvalue weighted by atomic mass is 10.1. The Balaban J connectivity index is 2.06. The molecule has 0 radical (unpaired) electrons. The fraction of sp³-hybridized carbons (Fsp3) is 0.368. The number of benzene rings is 2. The molecule has 0 spiro atoms. The van der Waals surface area contributed by atoms with Crippen LogP contribution >= 0.6 is 15.9 Å². The number of aryl methyl sites for hydroxylation is 1. The monoisotopic (exact) mass is 361 g/mol. The largest absolute Gasteiger partial charge is 0.489 e. The minimum atomic E-state index is 0.503. The van der Waals surface area contributed by atoms with Gasteiger partial charge in [-0.25, -0.2) is 0 Å². The number of ether oxygens (including phenoxy) is 1. The molecule has 0 fully saturated rings. The van der Waals surface area contributed by atoms with E-state index in [1.165, 1.54) is 16.7 Å². The fourth-order valence-electron chi connectivity index (χ4n) is 2.22. The van der Waals surface area contributed by atoms with E-state index in [9.17, 15) is 0 Å². The average molecular weight is 362 g/mol. The van der Waals surface area contributed by atoms with Crippen LogP contribution in [0.15, 0.2) is 46.9 Å². The summed E-state index contributed by atoms with van der Waals surface area (Å²) in [6.07, 6.45) is 1.12. The summed E-state index contributed by atoms with van der Waals surface area (Å²) in [5, 5.41) is 3.52. The third-order valence-corrected chi connectivity index (χ3v) is 4.25. The number of hydrogen-bond donors (Lipinski definition) is 1. The Bertz CT molecular complexity index is 612. The van der Waals surface area contributed by atoms with Crippen LogP contribution in [0.4, 0.5) is 0 Å². The standard InChI is InChI=1S/C19H24BrNO/c1-4-15(3)21-12-17-11-18(20)8-9-19(17)22-13-16-7-5-6-14(2)10-16/h5-11,15,21H,4,12-13H2,1-3H3/t15-/m1/s1. The number of rotatable bonds is 7. The maximum absolute atomic E-state index is 6.04. The second kappa shape index (κ2) is 8.35. The summed E-state index contributed by atoms with van der Waals surface area (Å²) in [5.74, 6) is 0.945. The van der Waals surface area contributed by atoms with Crippen LogP contribution in [0.5, 0.6) is 5.75 Å². The third-order valence-electron chi connectivity index (χ3n) is 3.75. The number of hydrogen-bond acceptors (Lipinski definition) is 2. The first kappa shape index (κ1) is 17.0. The van der Waals surface area contributed by atoms with Gasteiger partial charge in [0.1, 0.15) is 12.4 Å². The fourth-order valence-corrected chi connectivity index (χ4v) is 2.63. The highest BCUT2D eigenvalue weighted by Gasteiger charge is 2.07. The van der Waals surface area contributed by atoms with Crippen molar-refractivity contribution in [2.24, 2.45) is 0 Å². The van der Waals surface area contributed by atoms with Crippen molar-refractivity contribution in [3.63, 3.8) is 0 Å². The molecule has 0 unspecified atom stereocenters. The van der Waals surface area contributed by atoms with Crippen LogP contribution in [0, 0.1) is 6.92 Å². The highest BCUT2D eigenvalue weighted by Crippen LogP contribution is 2.24. The molecule has 2 nitrogen and oxygen atoms in total. The summed E-state index contributed by atoms with van der Waals surface area (Å²) in [4.78, 5) is 0. The van der Waals surface area contributed by atoms with Gasteiger partial charge in [0.25, 0.3) is 0 Å². The van der Waals surface area contributed by atoms with Gasteiger partial charge in [0.2, 0.25) is 0 Å². The smallest absolute Gasteiger partial charge is 0.124 e. The van der Waals surface area contributed by atoms with Crippen molar-refractivity contribution in [1.82, 2.24) is 5.32 Å². The molecule has 22 heavy (non-hydrogen) atoms. The maximum Gasteiger partial charge on any atom is 0.124 e. The van der Waals surface area contributed by atoms with Crippen LogP contribution in [0.25, 0.3) is 0 Å². The molecule has 1 atom stereocenters. The van der Waals surface area contributed by atoms with Crippen LogP contribution in [-0.4, -0.2) is 6.04 Å². The Morgan fingerprint density at radius 2 is 2.00 bits per heavy atom. The van der Waals surface area contributed by atoms with Crippen LogP contribution in [-0.2, 0) is 13.2 Å². The zero-order valence-corrected chi connectivity index (χ0v) is 15.1. The van der Waals surface area contributed by atoms with Gasteiger partial charge in [0.05, 0.1) is 0 Å². The second-order valence-corrected chi connectivity index (χ2v) is 6.64. The van der Waals surface area contributed by atoms with Gasteiger partial charge >= 0.3 is 0 Å². The Hall–Kier alpha value is -1.32. The molecule has 0 heterocycles. The van der Waals surface area contributed by atoms with Crippen molar-refractivity contribution in [3.05, 3.63) is 63.6 Å². The lowest BCUT2D eigenvalue weighted by molar-refractivity contribution is 0.301. The third kappa shape index (κ3) is 5.15. The molecule has 1 N–H and O–H groups in total. The maximum atomic E-state index is 6.04. The Morgan fingerprint density at radius 1 is 1.18 bits per heavy atom. The van der Waals surface area contributed by atoms with Gasteiger partial charge in [0.15, 0.2) is 0 Å². The molecule has 2 rings (SSSR count). The summed E-state index contributed by atoms with van der Waals surface area (Å²) in [6, 6.07) is 15.1. The zero-order valence-electron chi connectivity index (χ0n) is 13.5. The Morgan fingerprint density at radius 3 is 2.73 bits per heavy atom. The van der Waals surface area contributed by atoms with E-state index in [0.717, 1.165) is 23.2 Å². The van der Waals surface area contributed by atoms with Gasteiger partial charge < -0.3 is 10.1 Å². The molecule has 0 saturated carbocycles. The summed E-state index contributed by atoms with van der Waals surface area (Å²) in [6.45, 7) is 7.90. The molecular formula is C19H24BrNO. The molecular weight excluding hydrogens is 338 g/mol. The summed E-state index contributed by atoms with van der Waals surface area (Å²) in [7, 11) is 0. The molecule has 0 saturated heterocycles. The van der Waals surface area contributed by atoms with Crippen molar-refractivity contribution in [2.45, 2.75) is 46.4 Å². The van der Waals surface area contributed by atoms with Crippen molar-refractivity contribution in [2.75, 3.05) is 0 Å². The molecule has 0 aliphatic heterocycles. The molecule has 3 heteroatoms. The summed E-state index contributed by atoms with van der Waals surface area (Å²) < 4.78 is 7.12. The van der Waals surface area contributed by atoms with Gasteiger partial charge in [-0.1, -0.05) is 52.7 Å². The van der Waals surface area contributed by atoms with E-state index in [0.29, 0.717) is 12.6 Å². The normalized spacial score (nSPS) is 12.2. The predicted molar refractivity (Wildman–Crippen MR) is 96.2 cm³/mol. The molecule has 0 aliphatic rings. The topological polar surface area (TPSA) is 21.3 Å². The van der Waals surface area contributed by atoms with Crippen LogP contribution in [0.2, 0.25) is 0 Å². The minimum absolute atomic E-state index is 0.503. The first-order valence-corrected chi connectivity index (χ1v) is 8.58. The van der Waals surface area contributed by atoms with Gasteiger partial charge in [-0.2, -0.15) is 0 Å². The first-order valence-electron chi connectivity index (χ1n) is 7.78. The Labute approximate surface area is 142 Å².